The van der Waals surface area contributed by atoms with Crippen LogP contribution in [-0.4, -0.2) is 67.7 Å². The number of halogens is 1. The lowest BCUT2D eigenvalue weighted by Gasteiger charge is -2.35. The number of pyridine rings is 2. The molecule has 4 aromatic rings. The van der Waals surface area contributed by atoms with Crippen LogP contribution in [0, 0.1) is 5.82 Å². The number of hydrogen-bond acceptors (Lipinski definition) is 10. The summed E-state index contributed by atoms with van der Waals surface area (Å²) in [5, 5.41) is 2.37. The Kier molecular flexibility index (Phi) is 4.95. The van der Waals surface area contributed by atoms with Crippen LogP contribution in [0.4, 0.5) is 16.0 Å². The second-order valence-corrected chi connectivity index (χ2v) is 8.00. The molecule has 0 aromatic carbocycles. The summed E-state index contributed by atoms with van der Waals surface area (Å²) in [5.41, 5.74) is 6.45. The van der Waals surface area contributed by atoms with Gasteiger partial charge in [0.15, 0.2) is 17.3 Å². The van der Waals surface area contributed by atoms with Crippen LogP contribution in [0.2, 0.25) is 0 Å². The first-order valence-electron chi connectivity index (χ1n) is 10.9. The summed E-state index contributed by atoms with van der Waals surface area (Å²) in [6.07, 6.45) is 8.80. The van der Waals surface area contributed by atoms with Crippen molar-refractivity contribution >= 4 is 45.3 Å². The number of hydrogen-bond donors (Lipinski definition) is 3. The number of aromatic amines is 1. The van der Waals surface area contributed by atoms with E-state index in [1.54, 1.807) is 18.6 Å². The van der Waals surface area contributed by atoms with Crippen LogP contribution in [0.1, 0.15) is 10.4 Å². The molecule has 4 aromatic heterocycles. The molecule has 1 amide bonds. The zero-order valence-corrected chi connectivity index (χ0v) is 18.3. The molecule has 35 heavy (non-hydrogen) atoms. The number of H-pyrrole nitrogens is 1. The molecule has 2 aliphatic heterocycles. The zero-order chi connectivity index (χ0) is 23.9. The Hall–Kier alpha value is -4.65. The van der Waals surface area contributed by atoms with Gasteiger partial charge in [-0.25, -0.2) is 29.3 Å². The molecule has 6 heterocycles. The molecule has 13 heteroatoms. The number of amides is 1. The van der Waals surface area contributed by atoms with Crippen molar-refractivity contribution in [3.8, 4) is 0 Å². The van der Waals surface area contributed by atoms with E-state index >= 15 is 0 Å². The largest absolute Gasteiger partial charge is 0.357 e. The third kappa shape index (κ3) is 3.49. The molecule has 1 fully saturated rings. The van der Waals surface area contributed by atoms with E-state index in [-0.39, 0.29) is 10.9 Å². The van der Waals surface area contributed by atoms with Crippen LogP contribution in [-0.2, 0) is 4.79 Å². The second kappa shape index (κ2) is 8.29. The van der Waals surface area contributed by atoms with Gasteiger partial charge in [-0.05, 0) is 12.1 Å². The minimum absolute atomic E-state index is 0.0223. The number of rotatable bonds is 4. The summed E-state index contributed by atoms with van der Waals surface area (Å²) in [6.45, 7) is 1.61. The Bertz CT molecular complexity index is 1490. The highest BCUT2D eigenvalue weighted by molar-refractivity contribution is 6.45. The molecular weight excluding hydrogens is 455 g/mol. The summed E-state index contributed by atoms with van der Waals surface area (Å²) in [4.78, 5) is 49.5. The van der Waals surface area contributed by atoms with Crippen LogP contribution in [0.3, 0.4) is 0 Å². The van der Waals surface area contributed by atoms with Gasteiger partial charge in [-0.1, -0.05) is 0 Å². The third-order valence-electron chi connectivity index (χ3n) is 6.06. The lowest BCUT2D eigenvalue weighted by Crippen LogP contribution is -2.51. The van der Waals surface area contributed by atoms with Crippen LogP contribution < -0.4 is 20.9 Å². The van der Waals surface area contributed by atoms with Gasteiger partial charge in [-0.2, -0.15) is 0 Å². The molecule has 0 aliphatic carbocycles. The molecule has 1 saturated heterocycles. The Morgan fingerprint density at radius 3 is 2.69 bits per heavy atom. The fraction of sp³-hybridized carbons (Fsp3) is 0.182. The quantitative estimate of drug-likeness (QED) is 0.289. The van der Waals surface area contributed by atoms with E-state index in [1.807, 2.05) is 17.0 Å². The molecule has 0 saturated carbocycles. The lowest BCUT2D eigenvalue weighted by molar-refractivity contribution is -0.126. The van der Waals surface area contributed by atoms with Crippen molar-refractivity contribution in [1.82, 2.24) is 40.8 Å². The number of anilines is 2. The summed E-state index contributed by atoms with van der Waals surface area (Å²) in [7, 11) is 0. The van der Waals surface area contributed by atoms with E-state index in [1.165, 1.54) is 22.4 Å². The van der Waals surface area contributed by atoms with Gasteiger partial charge in [0.25, 0.3) is 11.7 Å². The Labute approximate surface area is 197 Å². The summed E-state index contributed by atoms with van der Waals surface area (Å²) < 4.78 is 14.7. The molecule has 2 aliphatic rings. The van der Waals surface area contributed by atoms with Crippen molar-refractivity contribution in [2.75, 3.05) is 36.1 Å². The SMILES string of the molecule is O=C(C(=O)N1CCN(c2ncnc3ncccc23)CC1)c1c[nH]c2c(N3C=CNN3)ncc(F)c12. The molecule has 176 valence electrons. The van der Waals surface area contributed by atoms with Gasteiger partial charge in [0.1, 0.15) is 12.1 Å². The van der Waals surface area contributed by atoms with Crippen LogP contribution >= 0.6 is 0 Å². The standard InChI is InChI=1S/C22H19FN10O2/c23-15-11-26-21(33-5-4-29-30-33)17-16(15)14(10-25-17)18(34)22(35)32-8-6-31(7-9-32)20-13-2-1-3-24-19(13)27-12-28-20/h1-5,10-12,25,29-30H,6-9H2. The second-order valence-electron chi connectivity index (χ2n) is 8.00. The van der Waals surface area contributed by atoms with Crippen molar-refractivity contribution in [2.45, 2.75) is 0 Å². The van der Waals surface area contributed by atoms with Gasteiger partial charge in [0, 0.05) is 51.0 Å². The normalized spacial score (nSPS) is 15.7. The first-order chi connectivity index (χ1) is 17.1. The van der Waals surface area contributed by atoms with Gasteiger partial charge >= 0.3 is 0 Å². The topological polar surface area (TPSA) is 135 Å². The predicted molar refractivity (Wildman–Crippen MR) is 124 cm³/mol. The van der Waals surface area contributed by atoms with Gasteiger partial charge in [-0.15, -0.1) is 5.53 Å². The maximum Gasteiger partial charge on any atom is 0.295 e. The molecule has 0 radical (unpaired) electrons. The van der Waals surface area contributed by atoms with Crippen molar-refractivity contribution in [2.24, 2.45) is 0 Å². The number of carbonyl (C=O) groups excluding carboxylic acids is 2. The zero-order valence-electron chi connectivity index (χ0n) is 18.3. The van der Waals surface area contributed by atoms with Gasteiger partial charge in [-0.3, -0.25) is 9.59 Å². The average molecular weight is 474 g/mol. The van der Waals surface area contributed by atoms with Gasteiger partial charge in [0.2, 0.25) is 0 Å². The molecule has 0 atom stereocenters. The highest BCUT2D eigenvalue weighted by Gasteiger charge is 2.31. The van der Waals surface area contributed by atoms with Crippen molar-refractivity contribution in [3.63, 3.8) is 0 Å². The lowest BCUT2D eigenvalue weighted by atomic mass is 10.1. The molecule has 0 unspecified atom stereocenters. The fourth-order valence-corrected chi connectivity index (χ4v) is 4.35. The number of Topliss-reactive ketones (excluding diaryl/α,β-unsaturated/α-hetero) is 1. The monoisotopic (exact) mass is 474 g/mol. The minimum atomic E-state index is -0.777. The highest BCUT2D eigenvalue weighted by atomic mass is 19.1. The molecule has 6 rings (SSSR count). The number of piperazine rings is 1. The maximum absolute atomic E-state index is 14.7. The number of nitrogens with zero attached hydrogens (tertiary/aromatic N) is 7. The van der Waals surface area contributed by atoms with Crippen molar-refractivity contribution in [3.05, 3.63) is 60.8 Å². The molecular formula is C22H19FN10O2. The summed E-state index contributed by atoms with van der Waals surface area (Å²) in [5.74, 6) is -1.06. The molecule has 12 nitrogen and oxygen atoms in total. The number of fused-ring (bicyclic) bond motifs is 2. The van der Waals surface area contributed by atoms with Crippen LogP contribution in [0.15, 0.2) is 49.5 Å². The smallest absolute Gasteiger partial charge is 0.295 e. The van der Waals surface area contributed by atoms with E-state index in [0.29, 0.717) is 43.2 Å². The number of carbonyl (C=O) groups is 2. The summed E-state index contributed by atoms with van der Waals surface area (Å²) >= 11 is 0. The van der Waals surface area contributed by atoms with Gasteiger partial charge in [0.05, 0.1) is 28.0 Å². The predicted octanol–water partition coefficient (Wildman–Crippen LogP) is 0.872. The molecule has 0 spiro atoms. The van der Waals surface area contributed by atoms with Gasteiger partial charge < -0.3 is 20.2 Å². The molecule has 0 bridgehead atoms. The van der Waals surface area contributed by atoms with Crippen LogP contribution in [0.5, 0.6) is 0 Å². The van der Waals surface area contributed by atoms with Crippen LogP contribution in [0.25, 0.3) is 21.9 Å². The van der Waals surface area contributed by atoms with Crippen molar-refractivity contribution in [1.29, 1.82) is 0 Å². The molecule has 3 N–H and O–H groups in total. The fourth-order valence-electron chi connectivity index (χ4n) is 4.35. The van der Waals surface area contributed by atoms with E-state index < -0.39 is 17.5 Å². The highest BCUT2D eigenvalue weighted by Crippen LogP contribution is 2.29. The maximum atomic E-state index is 14.7. The Morgan fingerprint density at radius 1 is 1.03 bits per heavy atom. The third-order valence-corrected chi connectivity index (χ3v) is 6.06. The van der Waals surface area contributed by atoms with Crippen molar-refractivity contribution < 1.29 is 14.0 Å². The number of ketones is 1. The first kappa shape index (κ1) is 20.9. The number of aromatic nitrogens is 5. The van der Waals surface area contributed by atoms with E-state index in [0.717, 1.165) is 17.4 Å². The Morgan fingerprint density at radius 2 is 1.89 bits per heavy atom. The average Bonchev–Trinajstić information content (AvgIpc) is 3.59. The number of hydrazine groups is 2. The van der Waals surface area contributed by atoms with E-state index in [2.05, 4.69) is 35.9 Å². The summed E-state index contributed by atoms with van der Waals surface area (Å²) in [6, 6.07) is 3.72. The first-order valence-corrected chi connectivity index (χ1v) is 10.9. The van der Waals surface area contributed by atoms with E-state index in [9.17, 15) is 14.0 Å². The van der Waals surface area contributed by atoms with E-state index in [4.69, 9.17) is 0 Å². The number of nitrogens with one attached hydrogen (secondary N) is 3. The Balaban J connectivity index is 1.22. The minimum Gasteiger partial charge on any atom is -0.357 e.